The Morgan fingerprint density at radius 3 is 2.48 bits per heavy atom. The van der Waals surface area contributed by atoms with Crippen molar-refractivity contribution in [3.8, 4) is 0 Å². The Morgan fingerprint density at radius 1 is 1.14 bits per heavy atom. The van der Waals surface area contributed by atoms with Gasteiger partial charge in [0.15, 0.2) is 11.6 Å². The molecular formula is C14H23NO6. The molecule has 2 fully saturated rings. The maximum Gasteiger partial charge on any atom is 0.164 e. The largest absolute Gasteiger partial charge is 0.388 e. The third-order valence-electron chi connectivity index (χ3n) is 4.02. The molecule has 3 rings (SSSR count). The minimum absolute atomic E-state index is 0.268. The van der Waals surface area contributed by atoms with Gasteiger partial charge >= 0.3 is 0 Å². The highest BCUT2D eigenvalue weighted by Gasteiger charge is 2.52. The number of nitrogens with zero attached hydrogens (tertiary/aromatic N) is 1. The van der Waals surface area contributed by atoms with E-state index in [1.165, 1.54) is 0 Å². The molecule has 2 saturated heterocycles. The molecule has 0 saturated carbocycles. The summed E-state index contributed by atoms with van der Waals surface area (Å²) in [4.78, 5) is 4.25. The number of ether oxygens (including phenoxy) is 4. The standard InChI is InChI=1S/C14H23NO6/c1-13(2)18-6-8(20-13)10(16)9-11(17)12-7(5-15-9)19-14(3,4)21-12/h5,7-12,16-17H,6H2,1-4H3/t7-,8-,9-,10-,11+,12-/m1/s1. The maximum atomic E-state index is 10.5. The van der Waals surface area contributed by atoms with Gasteiger partial charge in [-0.1, -0.05) is 0 Å². The van der Waals surface area contributed by atoms with Crippen LogP contribution >= 0.6 is 0 Å². The Balaban J connectivity index is 1.71. The van der Waals surface area contributed by atoms with E-state index < -0.39 is 48.1 Å². The minimum Gasteiger partial charge on any atom is -0.388 e. The summed E-state index contributed by atoms with van der Waals surface area (Å²) in [5.74, 6) is -1.50. The average molecular weight is 301 g/mol. The Morgan fingerprint density at radius 2 is 1.86 bits per heavy atom. The molecule has 21 heavy (non-hydrogen) atoms. The summed E-state index contributed by atoms with van der Waals surface area (Å²) in [6.45, 7) is 7.41. The molecule has 0 aromatic carbocycles. The minimum atomic E-state index is -0.966. The molecule has 0 spiro atoms. The molecule has 0 radical (unpaired) electrons. The zero-order valence-electron chi connectivity index (χ0n) is 12.7. The fourth-order valence-corrected chi connectivity index (χ4v) is 3.06. The highest BCUT2D eigenvalue weighted by Crippen LogP contribution is 2.35. The molecule has 0 amide bonds. The third kappa shape index (κ3) is 2.86. The maximum absolute atomic E-state index is 10.5. The monoisotopic (exact) mass is 301 g/mol. The second-order valence-corrected chi connectivity index (χ2v) is 6.70. The van der Waals surface area contributed by atoms with E-state index >= 15 is 0 Å². The van der Waals surface area contributed by atoms with Crippen molar-refractivity contribution in [2.75, 3.05) is 6.61 Å². The van der Waals surface area contributed by atoms with E-state index in [-0.39, 0.29) is 6.61 Å². The fourth-order valence-electron chi connectivity index (χ4n) is 3.06. The Kier molecular flexibility index (Phi) is 3.63. The number of aliphatic hydroxyl groups excluding tert-OH is 2. The van der Waals surface area contributed by atoms with E-state index in [9.17, 15) is 10.2 Å². The van der Waals surface area contributed by atoms with Crippen LogP contribution in [0.4, 0.5) is 0 Å². The van der Waals surface area contributed by atoms with Crippen molar-refractivity contribution in [1.29, 1.82) is 0 Å². The van der Waals surface area contributed by atoms with Crippen LogP contribution in [-0.2, 0) is 18.9 Å². The van der Waals surface area contributed by atoms with Crippen LogP contribution in [0, 0.1) is 0 Å². The van der Waals surface area contributed by atoms with Crippen molar-refractivity contribution < 1.29 is 29.2 Å². The van der Waals surface area contributed by atoms with Gasteiger partial charge in [-0.25, -0.2) is 0 Å². The number of aliphatic hydroxyl groups is 2. The molecule has 0 bridgehead atoms. The second-order valence-electron chi connectivity index (χ2n) is 6.70. The molecule has 0 unspecified atom stereocenters. The van der Waals surface area contributed by atoms with Gasteiger partial charge in [0, 0.05) is 6.21 Å². The number of rotatable bonds is 2. The molecule has 0 aromatic rings. The lowest BCUT2D eigenvalue weighted by molar-refractivity contribution is -0.165. The van der Waals surface area contributed by atoms with Crippen LogP contribution in [-0.4, -0.2) is 71.2 Å². The van der Waals surface area contributed by atoms with E-state index in [1.807, 2.05) is 0 Å². The summed E-state index contributed by atoms with van der Waals surface area (Å²) in [6.07, 6.45) is -1.77. The average Bonchev–Trinajstić information content (AvgIpc) is 2.88. The first kappa shape index (κ1) is 15.3. The zero-order valence-corrected chi connectivity index (χ0v) is 12.7. The molecule has 0 aromatic heterocycles. The first-order valence-electron chi connectivity index (χ1n) is 7.25. The number of aliphatic imine (C=N–C) groups is 1. The zero-order chi connectivity index (χ0) is 15.4. The molecule has 3 heterocycles. The highest BCUT2D eigenvalue weighted by atomic mass is 16.8. The van der Waals surface area contributed by atoms with Crippen molar-refractivity contribution in [3.63, 3.8) is 0 Å². The van der Waals surface area contributed by atoms with Crippen molar-refractivity contribution in [2.24, 2.45) is 4.99 Å². The molecule has 2 N–H and O–H groups in total. The predicted octanol–water partition coefficient (Wildman–Crippen LogP) is -0.167. The fraction of sp³-hybridized carbons (Fsp3) is 0.929. The Bertz CT molecular complexity index is 437. The van der Waals surface area contributed by atoms with E-state index in [2.05, 4.69) is 4.99 Å². The van der Waals surface area contributed by atoms with Gasteiger partial charge < -0.3 is 29.2 Å². The third-order valence-corrected chi connectivity index (χ3v) is 4.02. The molecule has 7 heteroatoms. The Labute approximate surface area is 123 Å². The topological polar surface area (TPSA) is 89.7 Å². The Hall–Kier alpha value is -0.570. The molecule has 120 valence electrons. The van der Waals surface area contributed by atoms with E-state index in [1.54, 1.807) is 33.9 Å². The van der Waals surface area contributed by atoms with Gasteiger partial charge in [0.05, 0.1) is 6.61 Å². The quantitative estimate of drug-likeness (QED) is 0.736. The summed E-state index contributed by atoms with van der Waals surface area (Å²) in [7, 11) is 0. The molecule has 6 atom stereocenters. The van der Waals surface area contributed by atoms with Crippen LogP contribution in [0.3, 0.4) is 0 Å². The van der Waals surface area contributed by atoms with Crippen molar-refractivity contribution >= 4 is 6.21 Å². The first-order valence-corrected chi connectivity index (χ1v) is 7.25. The van der Waals surface area contributed by atoms with Gasteiger partial charge in [-0.2, -0.15) is 0 Å². The van der Waals surface area contributed by atoms with Crippen LogP contribution < -0.4 is 0 Å². The summed E-state index contributed by atoms with van der Waals surface area (Å²) < 4.78 is 22.4. The predicted molar refractivity (Wildman–Crippen MR) is 73.0 cm³/mol. The van der Waals surface area contributed by atoms with E-state index in [0.717, 1.165) is 0 Å². The van der Waals surface area contributed by atoms with Gasteiger partial charge in [0.1, 0.15) is 36.6 Å². The van der Waals surface area contributed by atoms with Crippen molar-refractivity contribution in [3.05, 3.63) is 0 Å². The van der Waals surface area contributed by atoms with E-state index in [0.29, 0.717) is 0 Å². The first-order chi connectivity index (χ1) is 9.69. The molecule has 7 nitrogen and oxygen atoms in total. The normalized spacial score (nSPS) is 45.5. The summed E-state index contributed by atoms with van der Waals surface area (Å²) in [6, 6.07) is -0.716. The lowest BCUT2D eigenvalue weighted by Crippen LogP contribution is -2.54. The molecule has 3 aliphatic rings. The number of fused-ring (bicyclic) bond motifs is 1. The molecule has 0 aliphatic carbocycles. The SMILES string of the molecule is CC1(C)O[C@H]2[C@@H](O)[C@@H]([C@H](O)[C@H]3COC(C)(C)O3)N=C[C@H]2O1. The lowest BCUT2D eigenvalue weighted by atomic mass is 9.92. The van der Waals surface area contributed by atoms with Gasteiger partial charge in [-0.05, 0) is 27.7 Å². The van der Waals surface area contributed by atoms with Crippen LogP contribution in [0.2, 0.25) is 0 Å². The number of hydrogen-bond acceptors (Lipinski definition) is 7. The van der Waals surface area contributed by atoms with Gasteiger partial charge in [0.25, 0.3) is 0 Å². The lowest BCUT2D eigenvalue weighted by Gasteiger charge is -2.34. The molecular weight excluding hydrogens is 278 g/mol. The summed E-state index contributed by atoms with van der Waals surface area (Å²) in [5.41, 5.74) is 0. The van der Waals surface area contributed by atoms with Crippen LogP contribution in [0.5, 0.6) is 0 Å². The van der Waals surface area contributed by atoms with Crippen LogP contribution in [0.15, 0.2) is 4.99 Å². The number of hydrogen-bond donors (Lipinski definition) is 2. The van der Waals surface area contributed by atoms with Crippen molar-refractivity contribution in [2.45, 2.75) is 75.8 Å². The summed E-state index contributed by atoms with van der Waals surface area (Å²) >= 11 is 0. The van der Waals surface area contributed by atoms with Crippen LogP contribution in [0.1, 0.15) is 27.7 Å². The van der Waals surface area contributed by atoms with Gasteiger partial charge in [-0.15, -0.1) is 0 Å². The van der Waals surface area contributed by atoms with Crippen molar-refractivity contribution in [1.82, 2.24) is 0 Å². The summed E-state index contributed by atoms with van der Waals surface area (Å²) in [5, 5.41) is 20.9. The highest BCUT2D eigenvalue weighted by molar-refractivity contribution is 5.66. The van der Waals surface area contributed by atoms with Gasteiger partial charge in [-0.3, -0.25) is 4.99 Å². The van der Waals surface area contributed by atoms with Gasteiger partial charge in [0.2, 0.25) is 0 Å². The molecule has 3 aliphatic heterocycles. The second kappa shape index (κ2) is 4.97. The van der Waals surface area contributed by atoms with Crippen LogP contribution in [0.25, 0.3) is 0 Å². The van der Waals surface area contributed by atoms with E-state index in [4.69, 9.17) is 18.9 Å². The smallest absolute Gasteiger partial charge is 0.164 e.